The number of allylic oxidation sites excluding steroid dienone is 1. The van der Waals surface area contributed by atoms with Crippen LogP contribution in [0.5, 0.6) is 0 Å². The Balaban J connectivity index is 1.54. The molecule has 1 amide bonds. The molecular formula is C32H46N3O3P. The molecule has 2 unspecified atom stereocenters. The molecular weight excluding hydrogens is 505 g/mol. The molecule has 2 atom stereocenters. The summed E-state index contributed by atoms with van der Waals surface area (Å²) in [6.45, 7) is 22.4. The fourth-order valence-corrected chi connectivity index (χ4v) is 7.50. The van der Waals surface area contributed by atoms with Crippen LogP contribution in [0.25, 0.3) is 0 Å². The van der Waals surface area contributed by atoms with Crippen LogP contribution in [0.3, 0.4) is 0 Å². The van der Waals surface area contributed by atoms with E-state index in [1.807, 2.05) is 38.9 Å². The lowest BCUT2D eigenvalue weighted by atomic mass is 9.96. The molecule has 1 aromatic rings. The second-order valence-corrected chi connectivity index (χ2v) is 14.0. The first kappa shape index (κ1) is 29.5. The summed E-state index contributed by atoms with van der Waals surface area (Å²) in [6, 6.07) is 9.07. The minimum Gasteiger partial charge on any atom is -0.444 e. The van der Waals surface area contributed by atoms with Crippen molar-refractivity contribution in [1.82, 2.24) is 14.5 Å². The maximum absolute atomic E-state index is 12.7. The molecule has 1 saturated heterocycles. The number of hydrogen-bond acceptors (Lipinski definition) is 5. The van der Waals surface area contributed by atoms with Crippen molar-refractivity contribution < 1.29 is 14.3 Å². The summed E-state index contributed by atoms with van der Waals surface area (Å²) in [5.74, 6) is 0. The first-order valence-corrected chi connectivity index (χ1v) is 15.7. The molecule has 0 bridgehead atoms. The van der Waals surface area contributed by atoms with Crippen LogP contribution in [-0.2, 0) is 9.47 Å². The lowest BCUT2D eigenvalue weighted by Crippen LogP contribution is -2.42. The van der Waals surface area contributed by atoms with Gasteiger partial charge in [0.2, 0.25) is 0 Å². The van der Waals surface area contributed by atoms with Crippen LogP contribution < -0.4 is 0 Å². The van der Waals surface area contributed by atoms with Gasteiger partial charge in [0.15, 0.2) is 0 Å². The molecule has 0 spiro atoms. The summed E-state index contributed by atoms with van der Waals surface area (Å²) in [6.07, 6.45) is 5.77. The van der Waals surface area contributed by atoms with Gasteiger partial charge < -0.3 is 19.0 Å². The zero-order valence-electron chi connectivity index (χ0n) is 24.8. The third-order valence-electron chi connectivity index (χ3n) is 8.06. The summed E-state index contributed by atoms with van der Waals surface area (Å²) in [4.78, 5) is 17.1. The Morgan fingerprint density at radius 1 is 1.18 bits per heavy atom. The molecule has 1 saturated carbocycles. The Morgan fingerprint density at radius 3 is 2.41 bits per heavy atom. The maximum atomic E-state index is 12.7. The number of methoxy groups -OCH3 is 1. The molecule has 39 heavy (non-hydrogen) atoms. The average molecular weight is 552 g/mol. The summed E-state index contributed by atoms with van der Waals surface area (Å²) in [7, 11) is 1.24. The number of benzene rings is 1. The van der Waals surface area contributed by atoms with Crippen molar-refractivity contribution in [3.05, 3.63) is 71.5 Å². The molecule has 7 heteroatoms. The van der Waals surface area contributed by atoms with Crippen molar-refractivity contribution in [2.75, 3.05) is 46.0 Å². The number of amides is 1. The zero-order valence-corrected chi connectivity index (χ0v) is 25.7. The molecule has 2 heterocycles. The van der Waals surface area contributed by atoms with Crippen LogP contribution in [0.2, 0.25) is 0 Å². The molecule has 6 nitrogen and oxygen atoms in total. The highest BCUT2D eigenvalue weighted by molar-refractivity contribution is 7.44. The number of nitrogens with zero attached hydrogens (tertiary/aromatic N) is 3. The zero-order chi connectivity index (χ0) is 28.4. The number of rotatable bonds is 5. The molecule has 1 aliphatic carbocycles. The maximum Gasteiger partial charge on any atom is 0.410 e. The Hall–Kier alpha value is -2.49. The molecule has 2 fully saturated rings. The molecule has 212 valence electrons. The monoisotopic (exact) mass is 551 g/mol. The highest BCUT2D eigenvalue weighted by Gasteiger charge is 2.53. The minimum absolute atomic E-state index is 0.156. The largest absolute Gasteiger partial charge is 0.444 e. The normalized spacial score (nSPS) is 20.9. The molecule has 0 N–H and O–H groups in total. The second-order valence-electron chi connectivity index (χ2n) is 11.8. The molecule has 3 aliphatic rings. The van der Waals surface area contributed by atoms with Crippen molar-refractivity contribution in [3.8, 4) is 5.63 Å². The van der Waals surface area contributed by atoms with Gasteiger partial charge in [0.05, 0.1) is 18.2 Å². The van der Waals surface area contributed by atoms with E-state index >= 15 is 0 Å². The SMILES string of the molecule is C=CC1=C(C)C(=C)N(P(#Cc2ccc(C(N3CCCN(C(=O)OC(C)(C)C)CC3)C3(OC)CC3)cc2)CC)C1. The molecule has 0 radical (unpaired) electrons. The van der Waals surface area contributed by atoms with Gasteiger partial charge in [0, 0.05) is 50.7 Å². The smallest absolute Gasteiger partial charge is 0.410 e. The first-order chi connectivity index (χ1) is 18.5. The van der Waals surface area contributed by atoms with Crippen molar-refractivity contribution >= 4 is 13.6 Å². The first-order valence-electron chi connectivity index (χ1n) is 14.2. The Morgan fingerprint density at radius 2 is 1.87 bits per heavy atom. The van der Waals surface area contributed by atoms with E-state index < -0.39 is 13.1 Å². The Bertz CT molecular complexity index is 1210. The van der Waals surface area contributed by atoms with Crippen molar-refractivity contribution in [3.63, 3.8) is 0 Å². The number of carbonyl (C=O) groups excluding carboxylic acids is 1. The van der Waals surface area contributed by atoms with E-state index in [4.69, 9.17) is 9.47 Å². The molecule has 2 aliphatic heterocycles. The standard InChI is InChI=1S/C32H46N3O3P/c1-9-27-22-35(25(4)24(27)3)39(10-2)23-26-12-14-28(15-13-26)29(32(37-8)16-17-32)33-18-11-19-34(21-20-33)30(36)38-31(5,6)7/h9,12-15,29H,1,4,10-11,16-22H2,2-3,5-8H3. The van der Waals surface area contributed by atoms with Gasteiger partial charge in [-0.2, -0.15) is 0 Å². The van der Waals surface area contributed by atoms with Crippen LogP contribution in [0.1, 0.15) is 71.0 Å². The number of ether oxygens (including phenoxy) is 2. The predicted molar refractivity (Wildman–Crippen MR) is 161 cm³/mol. The molecule has 1 aromatic carbocycles. The highest BCUT2D eigenvalue weighted by Crippen LogP contribution is 2.52. The lowest BCUT2D eigenvalue weighted by Gasteiger charge is -2.36. The summed E-state index contributed by atoms with van der Waals surface area (Å²) in [5, 5.41) is 0. The van der Waals surface area contributed by atoms with E-state index in [9.17, 15) is 4.79 Å². The Kier molecular flexibility index (Phi) is 9.03. The van der Waals surface area contributed by atoms with Gasteiger partial charge in [-0.3, -0.25) is 4.90 Å². The molecule has 4 rings (SSSR count). The van der Waals surface area contributed by atoms with Crippen molar-refractivity contribution in [1.29, 1.82) is 0 Å². The summed E-state index contributed by atoms with van der Waals surface area (Å²) in [5.41, 5.74) is 9.13. The van der Waals surface area contributed by atoms with Crippen LogP contribution >= 0.6 is 7.53 Å². The van der Waals surface area contributed by atoms with Gasteiger partial charge in [0.25, 0.3) is 0 Å². The fourth-order valence-electron chi connectivity index (χ4n) is 5.67. The van der Waals surface area contributed by atoms with Crippen molar-refractivity contribution in [2.24, 2.45) is 0 Å². The van der Waals surface area contributed by atoms with E-state index in [-0.39, 0.29) is 17.7 Å². The van der Waals surface area contributed by atoms with E-state index in [1.54, 1.807) is 0 Å². The van der Waals surface area contributed by atoms with Crippen LogP contribution in [0, 0.1) is 5.63 Å². The predicted octanol–water partition coefficient (Wildman–Crippen LogP) is 6.91. The van der Waals surface area contributed by atoms with E-state index in [0.717, 1.165) is 56.3 Å². The van der Waals surface area contributed by atoms with Gasteiger partial charge in [-0.15, -0.1) is 0 Å². The minimum atomic E-state index is -0.600. The lowest BCUT2D eigenvalue weighted by molar-refractivity contribution is -0.00748. The van der Waals surface area contributed by atoms with E-state index in [0.29, 0.717) is 13.1 Å². The van der Waals surface area contributed by atoms with Crippen LogP contribution in [-0.4, -0.2) is 77.8 Å². The van der Waals surface area contributed by atoms with Gasteiger partial charge >= 0.3 is 6.09 Å². The fraction of sp³-hybridized carbons (Fsp3) is 0.562. The van der Waals surface area contributed by atoms with Gasteiger partial charge in [-0.25, -0.2) is 4.79 Å². The summed E-state index contributed by atoms with van der Waals surface area (Å²) >= 11 is 0. The Labute approximate surface area is 236 Å². The van der Waals surface area contributed by atoms with E-state index in [2.05, 4.69) is 66.5 Å². The second kappa shape index (κ2) is 11.9. The van der Waals surface area contributed by atoms with Crippen LogP contribution in [0.4, 0.5) is 4.79 Å². The highest BCUT2D eigenvalue weighted by atomic mass is 31.1. The van der Waals surface area contributed by atoms with E-state index in [1.165, 1.54) is 16.7 Å². The number of hydrogen-bond donors (Lipinski definition) is 0. The molecule has 0 aromatic heterocycles. The topological polar surface area (TPSA) is 45.2 Å². The van der Waals surface area contributed by atoms with Gasteiger partial charge in [-0.1, -0.05) is 43.9 Å². The number of carbonyl (C=O) groups is 1. The average Bonchev–Trinajstić information content (AvgIpc) is 3.68. The van der Waals surface area contributed by atoms with Gasteiger partial charge in [-0.05, 0) is 83.3 Å². The summed E-state index contributed by atoms with van der Waals surface area (Å²) < 4.78 is 14.2. The third kappa shape index (κ3) is 6.64. The quantitative estimate of drug-likeness (QED) is 0.372. The third-order valence-corrected chi connectivity index (χ3v) is 10.1. The van der Waals surface area contributed by atoms with Crippen molar-refractivity contribution in [2.45, 2.75) is 71.1 Å². The van der Waals surface area contributed by atoms with Crippen LogP contribution in [0.15, 0.2) is 60.3 Å². The van der Waals surface area contributed by atoms with Gasteiger partial charge in [0.1, 0.15) is 5.60 Å².